The molecule has 3 amide bonds. The molecule has 37 heavy (non-hydrogen) atoms. The van der Waals surface area contributed by atoms with Crippen LogP contribution >= 0.6 is 46.4 Å². The van der Waals surface area contributed by atoms with Crippen molar-refractivity contribution >= 4 is 81.2 Å². The molecule has 0 atom stereocenters. The Labute approximate surface area is 227 Å². The van der Waals surface area contributed by atoms with Crippen LogP contribution in [0.5, 0.6) is 0 Å². The molecule has 0 saturated carbocycles. The number of rotatable bonds is 5. The molecule has 13 heteroatoms. The first-order valence-corrected chi connectivity index (χ1v) is 11.7. The number of nitrogens with zero attached hydrogens (tertiary/aromatic N) is 1. The van der Waals surface area contributed by atoms with E-state index in [1.54, 1.807) is 0 Å². The first-order valence-electron chi connectivity index (χ1n) is 10.2. The van der Waals surface area contributed by atoms with E-state index in [0.29, 0.717) is 5.69 Å². The van der Waals surface area contributed by atoms with Crippen LogP contribution in [0.4, 0.5) is 30.2 Å². The predicted octanol–water partition coefficient (Wildman–Crippen LogP) is 7.35. The van der Waals surface area contributed by atoms with Crippen LogP contribution in [0.15, 0.2) is 71.4 Å². The number of nitrogens with one attached hydrogen (secondary N) is 2. The van der Waals surface area contributed by atoms with E-state index in [4.69, 9.17) is 46.4 Å². The maximum Gasteiger partial charge on any atom is 0.416 e. The number of carbonyl (C=O) groups is 3. The van der Waals surface area contributed by atoms with Gasteiger partial charge < -0.3 is 10.6 Å². The first kappa shape index (κ1) is 26.8. The van der Waals surface area contributed by atoms with Crippen LogP contribution < -0.4 is 15.5 Å². The fraction of sp³-hybridized carbons (Fsp3) is 0.0417. The van der Waals surface area contributed by atoms with E-state index in [-0.39, 0.29) is 42.7 Å². The van der Waals surface area contributed by atoms with E-state index in [9.17, 15) is 27.6 Å². The molecule has 0 aliphatic carbocycles. The standard InChI is InChI=1S/C24H12Cl4F3N3O3/c25-15-8-6-14(10-17(15)27)34-22(36)19(28)20(23(34)37)32-13-4-1-11(2-5-13)21(35)33-18-9-12(24(29,30)31)3-7-16(18)26/h1-10,32H,(H,33,35). The van der Waals surface area contributed by atoms with Crippen LogP contribution in [0, 0.1) is 0 Å². The number of anilines is 3. The summed E-state index contributed by atoms with van der Waals surface area (Å²) in [6, 6.07) is 12.3. The van der Waals surface area contributed by atoms with Gasteiger partial charge >= 0.3 is 6.18 Å². The van der Waals surface area contributed by atoms with Crippen molar-refractivity contribution in [2.24, 2.45) is 0 Å². The van der Waals surface area contributed by atoms with Crippen LogP contribution in [0.25, 0.3) is 0 Å². The zero-order valence-corrected chi connectivity index (χ0v) is 21.1. The normalized spacial score (nSPS) is 13.9. The van der Waals surface area contributed by atoms with Gasteiger partial charge in [0.25, 0.3) is 17.7 Å². The van der Waals surface area contributed by atoms with Gasteiger partial charge in [0.15, 0.2) is 0 Å². The average Bonchev–Trinajstić information content (AvgIpc) is 3.05. The smallest absolute Gasteiger partial charge is 0.350 e. The van der Waals surface area contributed by atoms with E-state index in [1.165, 1.54) is 42.5 Å². The number of halogens is 7. The first-order chi connectivity index (χ1) is 17.4. The molecule has 4 rings (SSSR count). The molecule has 0 spiro atoms. The summed E-state index contributed by atoms with van der Waals surface area (Å²) >= 11 is 23.9. The van der Waals surface area contributed by atoms with Gasteiger partial charge in [-0.3, -0.25) is 14.4 Å². The Bertz CT molecular complexity index is 1470. The number of alkyl halides is 3. The second-order valence-corrected chi connectivity index (χ2v) is 9.18. The lowest BCUT2D eigenvalue weighted by atomic mass is 10.1. The number of hydrogen-bond donors (Lipinski definition) is 2. The van der Waals surface area contributed by atoms with Crippen LogP contribution in [-0.4, -0.2) is 17.7 Å². The monoisotopic (exact) mass is 587 g/mol. The molecule has 6 nitrogen and oxygen atoms in total. The van der Waals surface area contributed by atoms with Crippen molar-refractivity contribution in [3.05, 3.63) is 97.6 Å². The number of hydrogen-bond acceptors (Lipinski definition) is 4. The highest BCUT2D eigenvalue weighted by molar-refractivity contribution is 6.53. The zero-order chi connectivity index (χ0) is 27.1. The Kier molecular flexibility index (Phi) is 7.43. The molecule has 0 aromatic heterocycles. The fourth-order valence-corrected chi connectivity index (χ4v) is 3.98. The molecule has 1 heterocycles. The number of imide groups is 1. The van der Waals surface area contributed by atoms with Crippen molar-refractivity contribution in [1.29, 1.82) is 0 Å². The molecular weight excluding hydrogens is 577 g/mol. The van der Waals surface area contributed by atoms with Crippen molar-refractivity contribution in [3.8, 4) is 0 Å². The molecule has 0 fully saturated rings. The summed E-state index contributed by atoms with van der Waals surface area (Å²) in [6.07, 6.45) is -4.61. The van der Waals surface area contributed by atoms with E-state index in [2.05, 4.69) is 10.6 Å². The van der Waals surface area contributed by atoms with Crippen LogP contribution in [0.2, 0.25) is 15.1 Å². The van der Waals surface area contributed by atoms with Crippen LogP contribution in [0.3, 0.4) is 0 Å². The van der Waals surface area contributed by atoms with Crippen molar-refractivity contribution < 1.29 is 27.6 Å². The quantitative estimate of drug-likeness (QED) is 0.305. The van der Waals surface area contributed by atoms with E-state index in [0.717, 1.165) is 23.1 Å². The van der Waals surface area contributed by atoms with Gasteiger partial charge in [0.2, 0.25) is 0 Å². The highest BCUT2D eigenvalue weighted by Crippen LogP contribution is 2.35. The number of benzene rings is 3. The minimum atomic E-state index is -4.61. The summed E-state index contributed by atoms with van der Waals surface area (Å²) in [5.41, 5.74) is -0.824. The van der Waals surface area contributed by atoms with Gasteiger partial charge in [-0.15, -0.1) is 0 Å². The molecule has 0 unspecified atom stereocenters. The van der Waals surface area contributed by atoms with Gasteiger partial charge in [-0.05, 0) is 60.7 Å². The Morgan fingerprint density at radius 2 is 1.43 bits per heavy atom. The topological polar surface area (TPSA) is 78.5 Å². The maximum absolute atomic E-state index is 13.0. The minimum Gasteiger partial charge on any atom is -0.350 e. The third-order valence-electron chi connectivity index (χ3n) is 5.15. The van der Waals surface area contributed by atoms with Crippen molar-refractivity contribution in [1.82, 2.24) is 0 Å². The van der Waals surface area contributed by atoms with Gasteiger partial charge in [-0.1, -0.05) is 46.4 Å². The maximum atomic E-state index is 13.0. The van der Waals surface area contributed by atoms with Gasteiger partial charge in [-0.2, -0.15) is 13.2 Å². The molecule has 1 aliphatic heterocycles. The Morgan fingerprint density at radius 1 is 0.784 bits per heavy atom. The molecule has 2 N–H and O–H groups in total. The van der Waals surface area contributed by atoms with Gasteiger partial charge in [0.1, 0.15) is 10.7 Å². The molecule has 0 radical (unpaired) electrons. The third kappa shape index (κ3) is 5.55. The van der Waals surface area contributed by atoms with Crippen molar-refractivity contribution in [2.75, 3.05) is 15.5 Å². The van der Waals surface area contributed by atoms with Gasteiger partial charge in [-0.25, -0.2) is 4.90 Å². The molecule has 0 bridgehead atoms. The van der Waals surface area contributed by atoms with Crippen molar-refractivity contribution in [2.45, 2.75) is 6.18 Å². The second kappa shape index (κ2) is 10.3. The van der Waals surface area contributed by atoms with Crippen LogP contribution in [0.1, 0.15) is 15.9 Å². The summed E-state index contributed by atoms with van der Waals surface area (Å²) in [4.78, 5) is 38.9. The lowest BCUT2D eigenvalue weighted by Crippen LogP contribution is -2.32. The summed E-state index contributed by atoms with van der Waals surface area (Å²) < 4.78 is 38.9. The molecule has 0 saturated heterocycles. The van der Waals surface area contributed by atoms with Crippen molar-refractivity contribution in [3.63, 3.8) is 0 Å². The molecular formula is C24H12Cl4F3N3O3. The fourth-order valence-electron chi connectivity index (χ4n) is 3.31. The van der Waals surface area contributed by atoms with E-state index >= 15 is 0 Å². The Hall–Kier alpha value is -3.24. The predicted molar refractivity (Wildman–Crippen MR) is 136 cm³/mol. The number of amides is 3. The Morgan fingerprint density at radius 3 is 2.05 bits per heavy atom. The lowest BCUT2D eigenvalue weighted by molar-refractivity contribution is -0.137. The van der Waals surface area contributed by atoms with E-state index < -0.39 is 29.5 Å². The SMILES string of the molecule is O=C(Nc1cc(C(F)(F)F)ccc1Cl)c1ccc(NC2=C(Cl)C(=O)N(c3ccc(Cl)c(Cl)c3)C2=O)cc1. The molecule has 3 aromatic rings. The van der Waals surface area contributed by atoms with Gasteiger partial charge in [0, 0.05) is 11.3 Å². The highest BCUT2D eigenvalue weighted by atomic mass is 35.5. The molecule has 3 aromatic carbocycles. The van der Waals surface area contributed by atoms with Crippen LogP contribution in [-0.2, 0) is 15.8 Å². The second-order valence-electron chi connectivity index (χ2n) is 7.58. The minimum absolute atomic E-state index is 0.0721. The summed E-state index contributed by atoms with van der Waals surface area (Å²) in [6.45, 7) is 0. The average molecular weight is 589 g/mol. The van der Waals surface area contributed by atoms with Gasteiger partial charge in [0.05, 0.1) is 32.0 Å². The Balaban J connectivity index is 1.49. The van der Waals surface area contributed by atoms with E-state index in [1.807, 2.05) is 0 Å². The third-order valence-corrected chi connectivity index (χ3v) is 6.57. The largest absolute Gasteiger partial charge is 0.416 e. The summed E-state index contributed by atoms with van der Waals surface area (Å²) in [5.74, 6) is -2.24. The zero-order valence-electron chi connectivity index (χ0n) is 18.1. The highest BCUT2D eigenvalue weighted by Gasteiger charge is 2.39. The number of carbonyl (C=O) groups excluding carboxylic acids is 3. The summed E-state index contributed by atoms with van der Waals surface area (Å²) in [5, 5.41) is 5.02. The molecule has 190 valence electrons. The molecule has 1 aliphatic rings. The lowest BCUT2D eigenvalue weighted by Gasteiger charge is -2.16. The summed E-state index contributed by atoms with van der Waals surface area (Å²) in [7, 11) is 0.